The Bertz CT molecular complexity index is 643. The van der Waals surface area contributed by atoms with Crippen molar-refractivity contribution >= 4 is 5.91 Å². The smallest absolute Gasteiger partial charge is 0.228 e. The highest BCUT2D eigenvalue weighted by Gasteiger charge is 2.16. The van der Waals surface area contributed by atoms with Crippen molar-refractivity contribution < 1.29 is 9.18 Å². The van der Waals surface area contributed by atoms with Crippen LogP contribution in [-0.2, 0) is 11.2 Å². The molecule has 122 valence electrons. The molecule has 1 amide bonds. The van der Waals surface area contributed by atoms with Crippen LogP contribution >= 0.6 is 0 Å². The first-order valence-corrected chi connectivity index (χ1v) is 8.31. The van der Waals surface area contributed by atoms with E-state index in [1.165, 1.54) is 31.4 Å². The molecule has 1 fully saturated rings. The number of hydrogen-bond donors (Lipinski definition) is 0. The molecule has 0 radical (unpaired) electrons. The lowest BCUT2D eigenvalue weighted by Crippen LogP contribution is -2.35. The average molecular weight is 315 g/mol. The summed E-state index contributed by atoms with van der Waals surface area (Å²) in [6, 6.07) is 8.01. The van der Waals surface area contributed by atoms with Crippen molar-refractivity contribution in [1.29, 1.82) is 0 Å². The van der Waals surface area contributed by atoms with E-state index in [4.69, 9.17) is 0 Å². The van der Waals surface area contributed by atoms with Crippen molar-refractivity contribution in [2.45, 2.75) is 38.5 Å². The van der Waals surface area contributed by atoms with Crippen LogP contribution in [0.3, 0.4) is 0 Å². The summed E-state index contributed by atoms with van der Waals surface area (Å²) in [5, 5.41) is 4.43. The molecule has 1 aliphatic heterocycles. The number of hydrogen-bond acceptors (Lipinski definition) is 2. The van der Waals surface area contributed by atoms with Crippen LogP contribution in [0.5, 0.6) is 0 Å². The molecule has 2 aromatic rings. The first-order valence-electron chi connectivity index (χ1n) is 8.31. The SMILES string of the molecule is O=C(Cc1ccn(-c2ccc(F)cc2)n1)N1CCCCCCC1. The maximum Gasteiger partial charge on any atom is 0.228 e. The van der Waals surface area contributed by atoms with Crippen LogP contribution in [-0.4, -0.2) is 33.7 Å². The lowest BCUT2D eigenvalue weighted by Gasteiger charge is -2.24. The van der Waals surface area contributed by atoms with Crippen molar-refractivity contribution in [3.63, 3.8) is 0 Å². The Labute approximate surface area is 135 Å². The summed E-state index contributed by atoms with van der Waals surface area (Å²) >= 11 is 0. The highest BCUT2D eigenvalue weighted by molar-refractivity contribution is 5.78. The van der Waals surface area contributed by atoms with Gasteiger partial charge in [0.25, 0.3) is 0 Å². The van der Waals surface area contributed by atoms with Gasteiger partial charge in [-0.2, -0.15) is 5.10 Å². The molecule has 1 aliphatic rings. The van der Waals surface area contributed by atoms with E-state index in [2.05, 4.69) is 5.10 Å². The van der Waals surface area contributed by atoms with Crippen LogP contribution in [0.4, 0.5) is 4.39 Å². The van der Waals surface area contributed by atoms with Crippen LogP contribution in [0.25, 0.3) is 5.69 Å². The molecule has 0 aliphatic carbocycles. The van der Waals surface area contributed by atoms with Gasteiger partial charge in [0.15, 0.2) is 0 Å². The lowest BCUT2D eigenvalue weighted by molar-refractivity contribution is -0.130. The largest absolute Gasteiger partial charge is 0.342 e. The zero-order valence-electron chi connectivity index (χ0n) is 13.2. The maximum atomic E-state index is 13.0. The van der Waals surface area contributed by atoms with Gasteiger partial charge in [-0.25, -0.2) is 9.07 Å². The molecule has 5 heteroatoms. The molecule has 0 unspecified atom stereocenters. The molecule has 0 saturated carbocycles. The van der Waals surface area contributed by atoms with Gasteiger partial charge in [0.1, 0.15) is 5.82 Å². The number of aromatic nitrogens is 2. The fourth-order valence-corrected chi connectivity index (χ4v) is 2.96. The van der Waals surface area contributed by atoms with Gasteiger partial charge in [-0.15, -0.1) is 0 Å². The van der Waals surface area contributed by atoms with E-state index in [1.54, 1.807) is 16.8 Å². The number of nitrogens with zero attached hydrogens (tertiary/aromatic N) is 3. The maximum absolute atomic E-state index is 13.0. The standard InChI is InChI=1S/C18H22FN3O/c19-15-6-8-17(9-7-15)22-13-10-16(20-22)14-18(23)21-11-4-2-1-3-5-12-21/h6-10,13H,1-5,11-12,14H2. The van der Waals surface area contributed by atoms with Gasteiger partial charge in [0, 0.05) is 19.3 Å². The average Bonchev–Trinajstić information content (AvgIpc) is 2.96. The second kappa shape index (κ2) is 7.40. The van der Waals surface area contributed by atoms with E-state index < -0.39 is 0 Å². The van der Waals surface area contributed by atoms with Crippen LogP contribution in [0.15, 0.2) is 36.5 Å². The minimum Gasteiger partial charge on any atom is -0.342 e. The molecule has 0 N–H and O–H groups in total. The molecule has 0 spiro atoms. The van der Waals surface area contributed by atoms with Crippen molar-refractivity contribution in [3.8, 4) is 5.69 Å². The summed E-state index contributed by atoms with van der Waals surface area (Å²) in [6.45, 7) is 1.72. The highest BCUT2D eigenvalue weighted by Crippen LogP contribution is 2.13. The summed E-state index contributed by atoms with van der Waals surface area (Å²) in [4.78, 5) is 14.4. The Hall–Kier alpha value is -2.17. The monoisotopic (exact) mass is 315 g/mol. The van der Waals surface area contributed by atoms with Crippen molar-refractivity contribution in [3.05, 3.63) is 48.0 Å². The summed E-state index contributed by atoms with van der Waals surface area (Å²) in [6.07, 6.45) is 8.03. The summed E-state index contributed by atoms with van der Waals surface area (Å²) in [5.41, 5.74) is 1.54. The van der Waals surface area contributed by atoms with Crippen LogP contribution < -0.4 is 0 Å². The second-order valence-corrected chi connectivity index (χ2v) is 6.05. The highest BCUT2D eigenvalue weighted by atomic mass is 19.1. The molecule has 23 heavy (non-hydrogen) atoms. The minimum absolute atomic E-state index is 0.149. The molecule has 1 saturated heterocycles. The molecule has 1 aromatic heterocycles. The Morgan fingerprint density at radius 2 is 1.65 bits per heavy atom. The van der Waals surface area contributed by atoms with Gasteiger partial charge in [0.2, 0.25) is 5.91 Å². The summed E-state index contributed by atoms with van der Waals surface area (Å²) < 4.78 is 14.6. The molecule has 1 aromatic carbocycles. The third-order valence-corrected chi connectivity index (χ3v) is 4.28. The van der Waals surface area contributed by atoms with Crippen LogP contribution in [0, 0.1) is 5.82 Å². The van der Waals surface area contributed by atoms with Gasteiger partial charge in [-0.1, -0.05) is 19.3 Å². The number of amides is 1. The molecule has 4 nitrogen and oxygen atoms in total. The number of likely N-dealkylation sites (tertiary alicyclic amines) is 1. The van der Waals surface area contributed by atoms with Gasteiger partial charge in [-0.05, 0) is 43.2 Å². The minimum atomic E-state index is -0.270. The zero-order valence-corrected chi connectivity index (χ0v) is 13.2. The van der Waals surface area contributed by atoms with E-state index in [9.17, 15) is 9.18 Å². The first kappa shape index (κ1) is 15.7. The Morgan fingerprint density at radius 3 is 2.35 bits per heavy atom. The fraction of sp³-hybridized carbons (Fsp3) is 0.444. The normalized spacial score (nSPS) is 16.0. The molecule has 0 bridgehead atoms. The van der Waals surface area contributed by atoms with Gasteiger partial charge in [-0.3, -0.25) is 4.79 Å². The van der Waals surface area contributed by atoms with Crippen molar-refractivity contribution in [1.82, 2.24) is 14.7 Å². The number of carbonyl (C=O) groups is 1. The van der Waals surface area contributed by atoms with Crippen molar-refractivity contribution in [2.75, 3.05) is 13.1 Å². The number of carbonyl (C=O) groups excluding carboxylic acids is 1. The van der Waals surface area contributed by atoms with E-state index in [0.29, 0.717) is 6.42 Å². The van der Waals surface area contributed by atoms with Crippen LogP contribution in [0.1, 0.15) is 37.8 Å². The van der Waals surface area contributed by atoms with Crippen LogP contribution in [0.2, 0.25) is 0 Å². The quantitative estimate of drug-likeness (QED) is 0.871. The van der Waals surface area contributed by atoms with E-state index >= 15 is 0 Å². The lowest BCUT2D eigenvalue weighted by atomic mass is 10.1. The Kier molecular flexibility index (Phi) is 5.05. The Balaban J connectivity index is 1.63. The predicted octanol–water partition coefficient (Wildman–Crippen LogP) is 3.35. The molecule has 3 rings (SSSR count). The molecule has 0 atom stereocenters. The fourth-order valence-electron chi connectivity index (χ4n) is 2.96. The third kappa shape index (κ3) is 4.18. The summed E-state index contributed by atoms with van der Waals surface area (Å²) in [7, 11) is 0. The third-order valence-electron chi connectivity index (χ3n) is 4.28. The van der Waals surface area contributed by atoms with Gasteiger partial charge in [0.05, 0.1) is 17.8 Å². The number of rotatable bonds is 3. The molecular formula is C18H22FN3O. The second-order valence-electron chi connectivity index (χ2n) is 6.05. The van der Waals surface area contributed by atoms with Gasteiger partial charge < -0.3 is 4.90 Å². The predicted molar refractivity (Wildman–Crippen MR) is 86.9 cm³/mol. The molecular weight excluding hydrogens is 293 g/mol. The van der Waals surface area contributed by atoms with E-state index in [1.807, 2.05) is 17.2 Å². The summed E-state index contributed by atoms with van der Waals surface area (Å²) in [5.74, 6) is -0.121. The zero-order chi connectivity index (χ0) is 16.1. The molecule has 2 heterocycles. The topological polar surface area (TPSA) is 38.1 Å². The van der Waals surface area contributed by atoms with E-state index in [-0.39, 0.29) is 11.7 Å². The Morgan fingerprint density at radius 1 is 1.00 bits per heavy atom. The van der Waals surface area contributed by atoms with Crippen molar-refractivity contribution in [2.24, 2.45) is 0 Å². The van der Waals surface area contributed by atoms with E-state index in [0.717, 1.165) is 37.3 Å². The van der Waals surface area contributed by atoms with Gasteiger partial charge >= 0.3 is 0 Å². The number of halogens is 1. The number of benzene rings is 1. The first-order chi connectivity index (χ1) is 11.2.